The van der Waals surface area contributed by atoms with Gasteiger partial charge in [-0.15, -0.1) is 0 Å². The predicted octanol–water partition coefficient (Wildman–Crippen LogP) is 3.59. The number of aliphatic hydroxyl groups excluding tert-OH is 1. The van der Waals surface area contributed by atoms with E-state index in [4.69, 9.17) is 16.3 Å². The lowest BCUT2D eigenvalue weighted by Gasteiger charge is -2.23. The molecule has 0 radical (unpaired) electrons. The first-order valence-corrected chi connectivity index (χ1v) is 9.23. The number of carbonyl (C=O) groups is 1. The maximum Gasteiger partial charge on any atom is 0.255 e. The van der Waals surface area contributed by atoms with Crippen molar-refractivity contribution in [2.24, 2.45) is 0 Å². The highest BCUT2D eigenvalue weighted by Gasteiger charge is 2.14. The van der Waals surface area contributed by atoms with Gasteiger partial charge in [0.15, 0.2) is 0 Å². The fourth-order valence-electron chi connectivity index (χ4n) is 2.29. The molecule has 2 aromatic carbocycles. The van der Waals surface area contributed by atoms with Gasteiger partial charge in [-0.05, 0) is 63.2 Å². The topological polar surface area (TPSA) is 94.4 Å². The second kappa shape index (κ2) is 9.56. The molecule has 0 aliphatic carbocycles. The molecule has 0 saturated heterocycles. The summed E-state index contributed by atoms with van der Waals surface area (Å²) in [7, 11) is 0. The Kier molecular flexibility index (Phi) is 7.41. The van der Waals surface area contributed by atoms with E-state index in [9.17, 15) is 15.2 Å². The zero-order valence-corrected chi connectivity index (χ0v) is 16.9. The number of nitriles is 1. The van der Waals surface area contributed by atoms with Crippen LogP contribution in [-0.4, -0.2) is 35.8 Å². The van der Waals surface area contributed by atoms with Crippen LogP contribution in [0.5, 0.6) is 5.75 Å². The number of hydrogen-bond acceptors (Lipinski definition) is 5. The normalized spacial score (nSPS) is 12.1. The molecule has 0 bridgehead atoms. The summed E-state index contributed by atoms with van der Waals surface area (Å²) in [6.45, 7) is 6.44. The molecule has 0 aliphatic heterocycles. The van der Waals surface area contributed by atoms with Gasteiger partial charge in [-0.2, -0.15) is 5.26 Å². The molecule has 1 atom stereocenters. The minimum atomic E-state index is -0.713. The Labute approximate surface area is 170 Å². The second-order valence-corrected chi connectivity index (χ2v) is 7.82. The lowest BCUT2D eigenvalue weighted by Crippen LogP contribution is -2.42. The minimum Gasteiger partial charge on any atom is -0.489 e. The summed E-state index contributed by atoms with van der Waals surface area (Å²) >= 11 is 5.82. The maximum atomic E-state index is 12.3. The number of anilines is 1. The summed E-state index contributed by atoms with van der Waals surface area (Å²) in [6, 6.07) is 13.3. The number of β-amino-alcohol motifs (C(OH)–C–C–N with tert-alkyl or cyclic N) is 1. The SMILES string of the molecule is CC(C)(C)NCC(O)COc1ccc(NC(=O)c2ccc(Cl)cc2)cc1C#N. The number of amides is 1. The number of nitrogens with zero attached hydrogens (tertiary/aromatic N) is 1. The Bertz CT molecular complexity index is 855. The van der Waals surface area contributed by atoms with E-state index in [1.54, 1.807) is 36.4 Å². The number of benzene rings is 2. The van der Waals surface area contributed by atoms with Crippen molar-refractivity contribution in [1.29, 1.82) is 5.26 Å². The largest absolute Gasteiger partial charge is 0.489 e. The van der Waals surface area contributed by atoms with Gasteiger partial charge in [0.05, 0.1) is 5.56 Å². The molecular formula is C21H24ClN3O3. The van der Waals surface area contributed by atoms with E-state index < -0.39 is 6.10 Å². The van der Waals surface area contributed by atoms with Crippen LogP contribution in [0.3, 0.4) is 0 Å². The molecular weight excluding hydrogens is 378 g/mol. The quantitative estimate of drug-likeness (QED) is 0.659. The van der Waals surface area contributed by atoms with Gasteiger partial charge in [0.25, 0.3) is 5.91 Å². The number of hydrogen-bond donors (Lipinski definition) is 3. The molecule has 148 valence electrons. The van der Waals surface area contributed by atoms with E-state index >= 15 is 0 Å². The first-order valence-electron chi connectivity index (χ1n) is 8.85. The minimum absolute atomic E-state index is 0.0498. The van der Waals surface area contributed by atoms with Crippen molar-refractivity contribution in [3.05, 3.63) is 58.6 Å². The zero-order valence-electron chi connectivity index (χ0n) is 16.1. The standard InChI is InChI=1S/C21H24ClN3O3/c1-21(2,3)24-12-18(26)13-28-19-9-8-17(10-15(19)11-23)25-20(27)14-4-6-16(22)7-5-14/h4-10,18,24,26H,12-13H2,1-3H3,(H,25,27). The molecule has 0 saturated carbocycles. The smallest absolute Gasteiger partial charge is 0.255 e. The van der Waals surface area contributed by atoms with Gasteiger partial charge in [-0.25, -0.2) is 0 Å². The van der Waals surface area contributed by atoms with Crippen LogP contribution in [0.15, 0.2) is 42.5 Å². The van der Waals surface area contributed by atoms with Crippen LogP contribution in [0.25, 0.3) is 0 Å². The van der Waals surface area contributed by atoms with Crippen LogP contribution in [0, 0.1) is 11.3 Å². The first kappa shape index (κ1) is 21.7. The Morgan fingerprint density at radius 3 is 2.54 bits per heavy atom. The lowest BCUT2D eigenvalue weighted by atomic mass is 10.1. The fraction of sp³-hybridized carbons (Fsp3) is 0.333. The third-order valence-corrected chi connectivity index (χ3v) is 4.02. The van der Waals surface area contributed by atoms with E-state index in [1.807, 2.05) is 26.8 Å². The highest BCUT2D eigenvalue weighted by molar-refractivity contribution is 6.30. The first-order chi connectivity index (χ1) is 13.2. The van der Waals surface area contributed by atoms with Crippen LogP contribution < -0.4 is 15.4 Å². The molecule has 1 amide bonds. The molecule has 6 nitrogen and oxygen atoms in total. The molecule has 7 heteroatoms. The number of ether oxygens (including phenoxy) is 1. The van der Waals surface area contributed by atoms with E-state index in [2.05, 4.69) is 10.6 Å². The van der Waals surface area contributed by atoms with Gasteiger partial charge in [-0.1, -0.05) is 11.6 Å². The van der Waals surface area contributed by atoms with Crippen LogP contribution >= 0.6 is 11.6 Å². The van der Waals surface area contributed by atoms with Crippen molar-refractivity contribution in [1.82, 2.24) is 5.32 Å². The average Bonchev–Trinajstić information content (AvgIpc) is 2.65. The number of nitrogens with one attached hydrogen (secondary N) is 2. The van der Waals surface area contributed by atoms with Crippen LogP contribution in [0.4, 0.5) is 5.69 Å². The highest BCUT2D eigenvalue weighted by atomic mass is 35.5. The summed E-state index contributed by atoms with van der Waals surface area (Å²) in [4.78, 5) is 12.3. The van der Waals surface area contributed by atoms with Crippen LogP contribution in [0.1, 0.15) is 36.7 Å². The predicted molar refractivity (Wildman–Crippen MR) is 110 cm³/mol. The summed E-state index contributed by atoms with van der Waals surface area (Å²) in [5.74, 6) is 0.0414. The Balaban J connectivity index is 1.98. The maximum absolute atomic E-state index is 12.3. The number of aliphatic hydroxyl groups is 1. The summed E-state index contributed by atoms with van der Waals surface area (Å²) in [5, 5.41) is 25.9. The molecule has 0 aromatic heterocycles. The monoisotopic (exact) mass is 401 g/mol. The molecule has 0 heterocycles. The Morgan fingerprint density at radius 1 is 1.25 bits per heavy atom. The second-order valence-electron chi connectivity index (χ2n) is 7.38. The third-order valence-electron chi connectivity index (χ3n) is 3.76. The Hall–Kier alpha value is -2.59. The molecule has 1 unspecified atom stereocenters. The number of halogens is 1. The van der Waals surface area contributed by atoms with Gasteiger partial charge < -0.3 is 20.5 Å². The molecule has 0 fully saturated rings. The van der Waals surface area contributed by atoms with Crippen molar-refractivity contribution >= 4 is 23.2 Å². The fourth-order valence-corrected chi connectivity index (χ4v) is 2.42. The summed E-state index contributed by atoms with van der Waals surface area (Å²) in [5.41, 5.74) is 1.09. The Morgan fingerprint density at radius 2 is 1.93 bits per heavy atom. The molecule has 0 spiro atoms. The number of carbonyl (C=O) groups excluding carboxylic acids is 1. The van der Waals surface area contributed by atoms with Crippen molar-refractivity contribution in [3.8, 4) is 11.8 Å². The molecule has 28 heavy (non-hydrogen) atoms. The van der Waals surface area contributed by atoms with E-state index in [1.165, 1.54) is 6.07 Å². The highest BCUT2D eigenvalue weighted by Crippen LogP contribution is 2.23. The third kappa shape index (κ3) is 6.86. The molecule has 3 N–H and O–H groups in total. The van der Waals surface area contributed by atoms with Gasteiger partial charge in [-0.3, -0.25) is 4.79 Å². The molecule has 2 aromatic rings. The molecule has 0 aliphatic rings. The summed E-state index contributed by atoms with van der Waals surface area (Å²) in [6.07, 6.45) is -0.713. The summed E-state index contributed by atoms with van der Waals surface area (Å²) < 4.78 is 5.57. The van der Waals surface area contributed by atoms with Crippen molar-refractivity contribution in [2.45, 2.75) is 32.4 Å². The number of rotatable bonds is 7. The van der Waals surface area contributed by atoms with Gasteiger partial charge in [0.1, 0.15) is 24.5 Å². The van der Waals surface area contributed by atoms with E-state index in [-0.39, 0.29) is 23.6 Å². The van der Waals surface area contributed by atoms with Gasteiger partial charge in [0.2, 0.25) is 0 Å². The van der Waals surface area contributed by atoms with Crippen molar-refractivity contribution in [3.63, 3.8) is 0 Å². The molecule has 2 rings (SSSR count). The van der Waals surface area contributed by atoms with Crippen molar-refractivity contribution in [2.75, 3.05) is 18.5 Å². The zero-order chi connectivity index (χ0) is 20.7. The van der Waals surface area contributed by atoms with Gasteiger partial charge in [0, 0.05) is 28.4 Å². The van der Waals surface area contributed by atoms with E-state index in [0.29, 0.717) is 28.6 Å². The van der Waals surface area contributed by atoms with Crippen molar-refractivity contribution < 1.29 is 14.6 Å². The van der Waals surface area contributed by atoms with E-state index in [0.717, 1.165) is 0 Å². The average molecular weight is 402 g/mol. The van der Waals surface area contributed by atoms with Crippen LogP contribution in [-0.2, 0) is 0 Å². The van der Waals surface area contributed by atoms with Crippen LogP contribution in [0.2, 0.25) is 5.02 Å². The lowest BCUT2D eigenvalue weighted by molar-refractivity contribution is 0.0999. The van der Waals surface area contributed by atoms with Gasteiger partial charge >= 0.3 is 0 Å².